The first-order valence-corrected chi connectivity index (χ1v) is 8.47. The van der Waals surface area contributed by atoms with Gasteiger partial charge < -0.3 is 14.6 Å². The zero-order valence-electron chi connectivity index (χ0n) is 12.9. The molecule has 118 valence electrons. The highest BCUT2D eigenvalue weighted by molar-refractivity contribution is 6.30. The summed E-state index contributed by atoms with van der Waals surface area (Å²) < 4.78 is 5.88. The average Bonchev–Trinajstić information content (AvgIpc) is 3.02. The van der Waals surface area contributed by atoms with Crippen molar-refractivity contribution < 1.29 is 4.42 Å². The van der Waals surface area contributed by atoms with Crippen molar-refractivity contribution in [3.63, 3.8) is 0 Å². The minimum absolute atomic E-state index is 0.745. The molecule has 2 aromatic rings. The topological polar surface area (TPSA) is 28.4 Å². The first-order chi connectivity index (χ1) is 10.8. The summed E-state index contributed by atoms with van der Waals surface area (Å²) in [4.78, 5) is 2.54. The van der Waals surface area contributed by atoms with E-state index < -0.39 is 0 Å². The Kier molecular flexibility index (Phi) is 5.54. The van der Waals surface area contributed by atoms with Crippen molar-refractivity contribution >= 4 is 11.6 Å². The van der Waals surface area contributed by atoms with Crippen LogP contribution in [-0.2, 0) is 6.54 Å². The molecule has 0 atom stereocenters. The van der Waals surface area contributed by atoms with E-state index in [1.165, 1.54) is 32.4 Å². The molecule has 4 heteroatoms. The van der Waals surface area contributed by atoms with Crippen LogP contribution in [0.2, 0.25) is 5.02 Å². The van der Waals surface area contributed by atoms with Crippen LogP contribution in [0.3, 0.4) is 0 Å². The molecule has 1 aliphatic heterocycles. The number of nitrogens with one attached hydrogen (secondary N) is 1. The minimum Gasteiger partial charge on any atom is -0.460 e. The van der Waals surface area contributed by atoms with Crippen LogP contribution in [0.5, 0.6) is 0 Å². The predicted molar refractivity (Wildman–Crippen MR) is 91.2 cm³/mol. The highest BCUT2D eigenvalue weighted by atomic mass is 35.5. The van der Waals surface area contributed by atoms with Crippen molar-refractivity contribution in [3.8, 4) is 11.3 Å². The van der Waals surface area contributed by atoms with Gasteiger partial charge in [-0.25, -0.2) is 0 Å². The molecule has 1 N–H and O–H groups in total. The summed E-state index contributed by atoms with van der Waals surface area (Å²) in [5, 5.41) is 4.21. The minimum atomic E-state index is 0.745. The normalized spacial score (nSPS) is 16.0. The molecule has 1 saturated heterocycles. The molecule has 0 spiro atoms. The zero-order chi connectivity index (χ0) is 15.2. The van der Waals surface area contributed by atoms with Gasteiger partial charge in [0.1, 0.15) is 11.5 Å². The number of benzene rings is 1. The molecule has 0 aliphatic carbocycles. The third-order valence-corrected chi connectivity index (χ3v) is 4.40. The summed E-state index contributed by atoms with van der Waals surface area (Å²) >= 11 is 5.91. The molecule has 1 fully saturated rings. The maximum atomic E-state index is 5.91. The number of hydrogen-bond donors (Lipinski definition) is 1. The average molecular weight is 319 g/mol. The van der Waals surface area contributed by atoms with Crippen molar-refractivity contribution in [2.24, 2.45) is 0 Å². The third kappa shape index (κ3) is 4.35. The summed E-state index contributed by atoms with van der Waals surface area (Å²) in [6, 6.07) is 11.8. The van der Waals surface area contributed by atoms with E-state index in [0.717, 1.165) is 41.7 Å². The van der Waals surface area contributed by atoms with E-state index in [4.69, 9.17) is 16.0 Å². The SMILES string of the molecule is Clc1ccc(-c2ccc(CNCCN3CCCCC3)o2)cc1. The molecule has 0 amide bonds. The zero-order valence-corrected chi connectivity index (χ0v) is 13.6. The number of furan rings is 1. The van der Waals surface area contributed by atoms with Crippen LogP contribution >= 0.6 is 11.6 Å². The maximum Gasteiger partial charge on any atom is 0.134 e. The lowest BCUT2D eigenvalue weighted by Crippen LogP contribution is -2.35. The van der Waals surface area contributed by atoms with Crippen molar-refractivity contribution in [1.29, 1.82) is 0 Å². The van der Waals surface area contributed by atoms with Crippen LogP contribution in [0.4, 0.5) is 0 Å². The van der Waals surface area contributed by atoms with Crippen LogP contribution in [0.1, 0.15) is 25.0 Å². The largest absolute Gasteiger partial charge is 0.460 e. The number of halogens is 1. The highest BCUT2D eigenvalue weighted by Crippen LogP contribution is 2.23. The van der Waals surface area contributed by atoms with E-state index in [1.54, 1.807) is 0 Å². The van der Waals surface area contributed by atoms with Crippen LogP contribution < -0.4 is 5.32 Å². The van der Waals surface area contributed by atoms with Gasteiger partial charge in [0.05, 0.1) is 6.54 Å². The molecule has 22 heavy (non-hydrogen) atoms. The van der Waals surface area contributed by atoms with Gasteiger partial charge in [-0.2, -0.15) is 0 Å². The van der Waals surface area contributed by atoms with Gasteiger partial charge in [0.25, 0.3) is 0 Å². The fraction of sp³-hybridized carbons (Fsp3) is 0.444. The van der Waals surface area contributed by atoms with Gasteiger partial charge >= 0.3 is 0 Å². The smallest absolute Gasteiger partial charge is 0.134 e. The van der Waals surface area contributed by atoms with Gasteiger partial charge in [0.2, 0.25) is 0 Å². The number of likely N-dealkylation sites (tertiary alicyclic amines) is 1. The van der Waals surface area contributed by atoms with Gasteiger partial charge in [-0.1, -0.05) is 18.0 Å². The van der Waals surface area contributed by atoms with Crippen LogP contribution in [-0.4, -0.2) is 31.1 Å². The first kappa shape index (κ1) is 15.6. The Hall–Kier alpha value is -1.29. The predicted octanol–water partition coefficient (Wildman–Crippen LogP) is 4.18. The van der Waals surface area contributed by atoms with Crippen molar-refractivity contribution in [2.75, 3.05) is 26.2 Å². The van der Waals surface area contributed by atoms with Crippen LogP contribution in [0.25, 0.3) is 11.3 Å². The number of hydrogen-bond acceptors (Lipinski definition) is 3. The van der Waals surface area contributed by atoms with Gasteiger partial charge in [-0.05, 0) is 62.3 Å². The van der Waals surface area contributed by atoms with E-state index in [0.29, 0.717) is 0 Å². The molecular formula is C18H23ClN2O. The standard InChI is InChI=1S/C18H23ClN2O/c19-16-6-4-15(5-7-16)18-9-8-17(22-18)14-20-10-13-21-11-2-1-3-12-21/h4-9,20H,1-3,10-14H2. The number of nitrogens with zero attached hydrogens (tertiary/aromatic N) is 1. The summed E-state index contributed by atoms with van der Waals surface area (Å²) in [5.74, 6) is 1.87. The molecule has 2 heterocycles. The summed E-state index contributed by atoms with van der Waals surface area (Å²) in [6.45, 7) is 5.43. The highest BCUT2D eigenvalue weighted by Gasteiger charge is 2.09. The van der Waals surface area contributed by atoms with Gasteiger partial charge in [0.15, 0.2) is 0 Å². The fourth-order valence-corrected chi connectivity index (χ4v) is 3.00. The lowest BCUT2D eigenvalue weighted by Gasteiger charge is -2.26. The molecule has 0 bridgehead atoms. The van der Waals surface area contributed by atoms with Crippen molar-refractivity contribution in [2.45, 2.75) is 25.8 Å². The van der Waals surface area contributed by atoms with Gasteiger partial charge in [-0.15, -0.1) is 0 Å². The summed E-state index contributed by atoms with van der Waals surface area (Å²) in [7, 11) is 0. The lowest BCUT2D eigenvalue weighted by molar-refractivity contribution is 0.228. The van der Waals surface area contributed by atoms with E-state index in [-0.39, 0.29) is 0 Å². The number of rotatable bonds is 6. The molecule has 0 saturated carbocycles. The molecule has 0 unspecified atom stereocenters. The molecule has 1 aliphatic rings. The molecular weight excluding hydrogens is 296 g/mol. The lowest BCUT2D eigenvalue weighted by atomic mass is 10.1. The Bertz CT molecular complexity index is 573. The van der Waals surface area contributed by atoms with Crippen molar-refractivity contribution in [3.05, 3.63) is 47.2 Å². The van der Waals surface area contributed by atoms with Crippen LogP contribution in [0, 0.1) is 0 Å². The second-order valence-electron chi connectivity index (χ2n) is 5.85. The van der Waals surface area contributed by atoms with E-state index in [1.807, 2.05) is 36.4 Å². The first-order valence-electron chi connectivity index (χ1n) is 8.09. The Labute approximate surface area is 137 Å². The Balaban J connectivity index is 1.44. The second-order valence-corrected chi connectivity index (χ2v) is 6.29. The van der Waals surface area contributed by atoms with E-state index in [2.05, 4.69) is 10.2 Å². The molecule has 1 aromatic heterocycles. The Morgan fingerprint density at radius 2 is 1.77 bits per heavy atom. The quantitative estimate of drug-likeness (QED) is 0.810. The van der Waals surface area contributed by atoms with E-state index >= 15 is 0 Å². The van der Waals surface area contributed by atoms with Crippen molar-refractivity contribution in [1.82, 2.24) is 10.2 Å². The second kappa shape index (κ2) is 7.82. The molecule has 3 rings (SSSR count). The fourth-order valence-electron chi connectivity index (χ4n) is 2.87. The Morgan fingerprint density at radius 1 is 1.00 bits per heavy atom. The monoisotopic (exact) mass is 318 g/mol. The van der Waals surface area contributed by atoms with Crippen LogP contribution in [0.15, 0.2) is 40.8 Å². The van der Waals surface area contributed by atoms with Gasteiger partial charge in [0, 0.05) is 23.7 Å². The molecule has 1 aromatic carbocycles. The summed E-state index contributed by atoms with van der Waals surface area (Å²) in [5.41, 5.74) is 1.06. The maximum absolute atomic E-state index is 5.91. The third-order valence-electron chi connectivity index (χ3n) is 4.14. The van der Waals surface area contributed by atoms with E-state index in [9.17, 15) is 0 Å². The summed E-state index contributed by atoms with van der Waals surface area (Å²) in [6.07, 6.45) is 4.09. The Morgan fingerprint density at radius 3 is 2.55 bits per heavy atom. The molecule has 3 nitrogen and oxygen atoms in total. The molecule has 0 radical (unpaired) electrons. The van der Waals surface area contributed by atoms with Gasteiger partial charge in [-0.3, -0.25) is 0 Å². The number of piperidine rings is 1.